The van der Waals surface area contributed by atoms with Crippen LogP contribution in [-0.2, 0) is 21.1 Å². The molecule has 2 heterocycles. The van der Waals surface area contributed by atoms with Crippen LogP contribution in [0.3, 0.4) is 0 Å². The highest BCUT2D eigenvalue weighted by atomic mass is 35.5. The van der Waals surface area contributed by atoms with E-state index < -0.39 is 15.6 Å². The summed E-state index contributed by atoms with van der Waals surface area (Å²) in [5, 5.41) is 6.11. The fourth-order valence-corrected chi connectivity index (χ4v) is 5.67. The quantitative estimate of drug-likeness (QED) is 0.583. The fourth-order valence-electron chi connectivity index (χ4n) is 3.73. The third-order valence-electron chi connectivity index (χ3n) is 5.02. The molecule has 8 heteroatoms. The Morgan fingerprint density at radius 3 is 2.73 bits per heavy atom. The first kappa shape index (κ1) is 17.4. The summed E-state index contributed by atoms with van der Waals surface area (Å²) in [7, 11) is -3.33. The summed E-state index contributed by atoms with van der Waals surface area (Å²) in [5.41, 5.74) is 1.44. The van der Waals surface area contributed by atoms with E-state index in [0.717, 1.165) is 6.42 Å². The van der Waals surface area contributed by atoms with Gasteiger partial charge in [-0.05, 0) is 37.0 Å². The molecule has 0 saturated carbocycles. The van der Waals surface area contributed by atoms with Gasteiger partial charge in [-0.1, -0.05) is 11.6 Å². The van der Waals surface area contributed by atoms with Crippen LogP contribution in [0.5, 0.6) is 0 Å². The van der Waals surface area contributed by atoms with E-state index in [9.17, 15) is 18.0 Å². The van der Waals surface area contributed by atoms with Crippen LogP contribution in [0.4, 0.5) is 0 Å². The number of sulfone groups is 1. The number of ketones is 2. The maximum absolute atomic E-state index is 13.2. The van der Waals surface area contributed by atoms with Gasteiger partial charge in [-0.15, -0.1) is 0 Å². The molecule has 1 aromatic rings. The molecule has 3 aliphatic rings. The molecule has 4 rings (SSSR count). The molecule has 1 aromatic carbocycles. The minimum absolute atomic E-state index is 0.00489. The number of halogens is 1. The number of hydrogen-bond donors (Lipinski definition) is 0. The molecule has 0 amide bonds. The van der Waals surface area contributed by atoms with Crippen LogP contribution in [0, 0.1) is 0 Å². The normalized spacial score (nSPS) is 21.4. The molecule has 0 spiro atoms. The highest BCUT2D eigenvalue weighted by molar-refractivity contribution is 7.91. The summed E-state index contributed by atoms with van der Waals surface area (Å²) in [6.45, 7) is 0.648. The first-order valence-electron chi connectivity index (χ1n) is 8.55. The Hall–Kier alpha value is -1.99. The van der Waals surface area contributed by atoms with Gasteiger partial charge in [-0.2, -0.15) is 5.10 Å². The number of rotatable bonds is 3. The molecular weight excluding hydrogens is 376 g/mol. The van der Waals surface area contributed by atoms with E-state index in [4.69, 9.17) is 11.6 Å². The molecule has 136 valence electrons. The number of carbonyl (C=O) groups is 2. The molecule has 0 radical (unpaired) electrons. The van der Waals surface area contributed by atoms with E-state index in [1.54, 1.807) is 11.2 Å². The van der Waals surface area contributed by atoms with Crippen molar-refractivity contribution >= 4 is 39.2 Å². The van der Waals surface area contributed by atoms with Crippen molar-refractivity contribution in [2.24, 2.45) is 5.10 Å². The van der Waals surface area contributed by atoms with Gasteiger partial charge in [-0.25, -0.2) is 8.42 Å². The summed E-state index contributed by atoms with van der Waals surface area (Å²) in [6, 6.07) is 2.85. The molecule has 0 unspecified atom stereocenters. The molecule has 0 aromatic heterocycles. The zero-order valence-corrected chi connectivity index (χ0v) is 15.6. The molecule has 0 bridgehead atoms. The van der Waals surface area contributed by atoms with Crippen molar-refractivity contribution in [2.75, 3.05) is 12.3 Å². The summed E-state index contributed by atoms with van der Waals surface area (Å²) in [4.78, 5) is 25.9. The van der Waals surface area contributed by atoms with Crippen LogP contribution in [0.2, 0.25) is 5.02 Å². The molecule has 0 N–H and O–H groups in total. The van der Waals surface area contributed by atoms with E-state index in [1.807, 2.05) is 0 Å². The van der Waals surface area contributed by atoms with Gasteiger partial charge < -0.3 is 0 Å². The van der Waals surface area contributed by atoms with E-state index in [0.29, 0.717) is 37.1 Å². The molecule has 0 fully saturated rings. The lowest BCUT2D eigenvalue weighted by Gasteiger charge is -2.25. The summed E-state index contributed by atoms with van der Waals surface area (Å²) < 4.78 is 24.1. The van der Waals surface area contributed by atoms with Crippen molar-refractivity contribution < 1.29 is 18.0 Å². The van der Waals surface area contributed by atoms with E-state index in [1.165, 1.54) is 12.1 Å². The maximum Gasteiger partial charge on any atom is 0.199 e. The lowest BCUT2D eigenvalue weighted by molar-refractivity contribution is -0.115. The van der Waals surface area contributed by atoms with Crippen molar-refractivity contribution in [1.29, 1.82) is 0 Å². The van der Waals surface area contributed by atoms with Crippen molar-refractivity contribution in [3.05, 3.63) is 39.6 Å². The number of carbonyl (C=O) groups excluding carboxylic acids is 2. The molecule has 0 saturated heterocycles. The van der Waals surface area contributed by atoms with Gasteiger partial charge in [0.05, 0.1) is 26.9 Å². The van der Waals surface area contributed by atoms with Gasteiger partial charge in [0, 0.05) is 31.2 Å². The Labute approximate surface area is 156 Å². The molecular formula is C18H17ClN2O4S. The predicted molar refractivity (Wildman–Crippen MR) is 97.2 cm³/mol. The van der Waals surface area contributed by atoms with Crippen LogP contribution < -0.4 is 0 Å². The van der Waals surface area contributed by atoms with E-state index >= 15 is 0 Å². The number of allylic oxidation sites excluding steroid dienone is 2. The summed E-state index contributed by atoms with van der Waals surface area (Å²) in [5.74, 6) is -0.652. The Morgan fingerprint density at radius 1 is 1.19 bits per heavy atom. The largest absolute Gasteiger partial charge is 0.294 e. The average molecular weight is 393 g/mol. The Bertz CT molecular complexity index is 995. The molecule has 1 aliphatic carbocycles. The van der Waals surface area contributed by atoms with E-state index in [2.05, 4.69) is 5.10 Å². The van der Waals surface area contributed by atoms with Crippen LogP contribution >= 0.6 is 11.6 Å². The van der Waals surface area contributed by atoms with E-state index in [-0.39, 0.29) is 39.0 Å². The minimum atomic E-state index is -3.33. The zero-order chi connectivity index (χ0) is 18.5. The first-order valence-corrected chi connectivity index (χ1v) is 10.6. The van der Waals surface area contributed by atoms with Gasteiger partial charge in [0.25, 0.3) is 0 Å². The third kappa shape index (κ3) is 2.70. The minimum Gasteiger partial charge on any atom is -0.294 e. The molecule has 26 heavy (non-hydrogen) atoms. The lowest BCUT2D eigenvalue weighted by Crippen LogP contribution is -2.27. The average Bonchev–Trinajstić information content (AvgIpc) is 3.23. The highest BCUT2D eigenvalue weighted by Gasteiger charge is 2.34. The fraction of sp³-hybridized carbons (Fsp3) is 0.389. The number of benzene rings is 1. The first-order chi connectivity index (χ1) is 12.4. The number of Topliss-reactive ketones (excluding diaryl/α,β-unsaturated/α-hetero) is 2. The number of fused-ring (bicyclic) bond motifs is 1. The predicted octanol–water partition coefficient (Wildman–Crippen LogP) is 2.55. The second kappa shape index (κ2) is 6.32. The van der Waals surface area contributed by atoms with Crippen LogP contribution in [0.15, 0.2) is 33.4 Å². The molecule has 2 aliphatic heterocycles. The lowest BCUT2D eigenvalue weighted by atomic mass is 9.88. The SMILES string of the molecule is O=C1CCCC(N2CCC=N2)=C1C(=O)c1ccc2c(c1Cl)CCS2(=O)=O. The number of hydrazone groups is 1. The molecule has 0 atom stereocenters. The van der Waals surface area contributed by atoms with Crippen molar-refractivity contribution in [2.45, 2.75) is 37.0 Å². The summed E-state index contributed by atoms with van der Waals surface area (Å²) in [6.07, 6.45) is 4.44. The van der Waals surface area contributed by atoms with Gasteiger partial charge >= 0.3 is 0 Å². The second-order valence-corrected chi connectivity index (χ2v) is 9.07. The number of hydrogen-bond acceptors (Lipinski definition) is 6. The third-order valence-corrected chi connectivity index (χ3v) is 7.24. The van der Waals surface area contributed by atoms with Gasteiger partial charge in [-0.3, -0.25) is 14.6 Å². The van der Waals surface area contributed by atoms with Gasteiger partial charge in [0.2, 0.25) is 0 Å². The highest BCUT2D eigenvalue weighted by Crippen LogP contribution is 2.36. The smallest absolute Gasteiger partial charge is 0.199 e. The van der Waals surface area contributed by atoms with Crippen molar-refractivity contribution in [1.82, 2.24) is 5.01 Å². The monoisotopic (exact) mass is 392 g/mol. The summed E-state index contributed by atoms with van der Waals surface area (Å²) >= 11 is 6.39. The van der Waals surface area contributed by atoms with Crippen molar-refractivity contribution in [3.8, 4) is 0 Å². The Balaban J connectivity index is 1.82. The van der Waals surface area contributed by atoms with Gasteiger partial charge in [0.1, 0.15) is 0 Å². The Morgan fingerprint density at radius 2 is 2.00 bits per heavy atom. The number of nitrogens with zero attached hydrogens (tertiary/aromatic N) is 2. The van der Waals surface area contributed by atoms with Gasteiger partial charge in [0.15, 0.2) is 21.4 Å². The van der Waals surface area contributed by atoms with Crippen LogP contribution in [-0.4, -0.2) is 43.5 Å². The second-order valence-electron chi connectivity index (χ2n) is 6.61. The van der Waals surface area contributed by atoms with Crippen LogP contribution in [0.25, 0.3) is 0 Å². The topological polar surface area (TPSA) is 83.9 Å². The van der Waals surface area contributed by atoms with Crippen LogP contribution in [0.1, 0.15) is 41.6 Å². The standard InChI is InChI=1S/C18H17ClN2O4S/c19-17-11-7-10-26(24,25)15(11)6-5-12(17)18(23)16-13(3-1-4-14(16)22)21-9-2-8-20-21/h5-6,8H,1-4,7,9-10H2. The molecule has 6 nitrogen and oxygen atoms in total. The maximum atomic E-state index is 13.2. The van der Waals surface area contributed by atoms with Crippen molar-refractivity contribution in [3.63, 3.8) is 0 Å². The zero-order valence-electron chi connectivity index (χ0n) is 14.0. The Kier molecular flexibility index (Phi) is 4.23.